The molecular formula is C29H22N2O4S2. The fourth-order valence-electron chi connectivity index (χ4n) is 4.49. The topological polar surface area (TPSA) is 84.5 Å². The summed E-state index contributed by atoms with van der Waals surface area (Å²) in [5.74, 6) is -0.911. The van der Waals surface area contributed by atoms with E-state index < -0.39 is 5.97 Å². The van der Waals surface area contributed by atoms with E-state index in [1.165, 1.54) is 11.3 Å². The van der Waals surface area contributed by atoms with Gasteiger partial charge in [0.25, 0.3) is 0 Å². The number of anilines is 2. The summed E-state index contributed by atoms with van der Waals surface area (Å²) in [6.07, 6.45) is 0. The number of carbonyl (C=O) groups excluding carboxylic acids is 3. The zero-order valence-electron chi connectivity index (χ0n) is 20.1. The lowest BCUT2D eigenvalue weighted by Gasteiger charge is -2.21. The smallest absolute Gasteiger partial charge is 0.341 e. The third-order valence-corrected chi connectivity index (χ3v) is 7.28. The summed E-state index contributed by atoms with van der Waals surface area (Å²) in [7, 11) is 0. The summed E-state index contributed by atoms with van der Waals surface area (Å²) in [5, 5.41) is 6.90. The fraction of sp³-hybridized carbons (Fsp3) is 0.103. The monoisotopic (exact) mass is 526 g/mol. The highest BCUT2D eigenvalue weighted by atomic mass is 32.1. The molecule has 2 N–H and O–H groups in total. The van der Waals surface area contributed by atoms with Gasteiger partial charge in [-0.1, -0.05) is 66.7 Å². The molecule has 0 saturated carbocycles. The van der Waals surface area contributed by atoms with Crippen molar-refractivity contribution in [2.24, 2.45) is 0 Å². The molecule has 0 spiro atoms. The van der Waals surface area contributed by atoms with Crippen LogP contribution in [0.2, 0.25) is 0 Å². The number of thiophene rings is 1. The summed E-state index contributed by atoms with van der Waals surface area (Å²) in [5.41, 5.74) is 3.83. The minimum Gasteiger partial charge on any atom is -0.462 e. The number of thiocarbonyl (C=S) groups is 1. The van der Waals surface area contributed by atoms with Crippen LogP contribution in [0, 0.1) is 6.92 Å². The van der Waals surface area contributed by atoms with Crippen molar-refractivity contribution in [1.29, 1.82) is 0 Å². The SMILES string of the molecule is CCOC(=O)c1c(NC(=S)Nc2cccc3c2C(=O)c2ccccc2C3=O)sc(C)c1-c1ccccc1. The van der Waals surface area contributed by atoms with Gasteiger partial charge < -0.3 is 15.4 Å². The first-order valence-electron chi connectivity index (χ1n) is 11.7. The van der Waals surface area contributed by atoms with E-state index in [0.717, 1.165) is 16.0 Å². The standard InChI is InChI=1S/C29H22N2O4S2/c1-3-35-28(34)24-22(17-10-5-4-6-11-17)16(2)37-27(24)31-29(36)30-21-15-9-14-20-23(21)26(33)19-13-8-7-12-18(19)25(20)32/h4-15H,3H2,1-2H3,(H2,30,31,36). The molecule has 1 aliphatic rings. The molecule has 3 aromatic carbocycles. The molecule has 0 aliphatic heterocycles. The van der Waals surface area contributed by atoms with E-state index in [1.54, 1.807) is 49.4 Å². The molecule has 0 atom stereocenters. The minimum atomic E-state index is -0.453. The number of ether oxygens (including phenoxy) is 1. The Morgan fingerprint density at radius 3 is 2.19 bits per heavy atom. The zero-order valence-corrected chi connectivity index (χ0v) is 21.7. The summed E-state index contributed by atoms with van der Waals surface area (Å²) in [4.78, 5) is 40.3. The summed E-state index contributed by atoms with van der Waals surface area (Å²) < 4.78 is 5.36. The number of hydrogen-bond donors (Lipinski definition) is 2. The maximum absolute atomic E-state index is 13.3. The molecule has 1 aliphatic carbocycles. The first kappa shape index (κ1) is 24.5. The number of ketones is 2. The quantitative estimate of drug-likeness (QED) is 0.200. The van der Waals surface area contributed by atoms with E-state index in [2.05, 4.69) is 10.6 Å². The van der Waals surface area contributed by atoms with E-state index in [-0.39, 0.29) is 28.8 Å². The maximum atomic E-state index is 13.3. The molecule has 5 rings (SSSR count). The van der Waals surface area contributed by atoms with Crippen molar-refractivity contribution >= 4 is 56.9 Å². The lowest BCUT2D eigenvalue weighted by molar-refractivity contribution is 0.0528. The van der Waals surface area contributed by atoms with Crippen molar-refractivity contribution in [3.05, 3.63) is 105 Å². The van der Waals surface area contributed by atoms with Gasteiger partial charge in [0.2, 0.25) is 0 Å². The molecule has 6 nitrogen and oxygen atoms in total. The molecule has 0 saturated heterocycles. The average Bonchev–Trinajstić information content (AvgIpc) is 3.23. The van der Waals surface area contributed by atoms with Crippen LogP contribution in [-0.2, 0) is 4.74 Å². The Kier molecular flexibility index (Phi) is 6.69. The number of nitrogens with one attached hydrogen (secondary N) is 2. The van der Waals surface area contributed by atoms with Crippen molar-refractivity contribution in [3.63, 3.8) is 0 Å². The Bertz CT molecular complexity index is 1570. The normalized spacial score (nSPS) is 11.9. The Hall–Kier alpha value is -4.14. The van der Waals surface area contributed by atoms with Crippen LogP contribution in [0.5, 0.6) is 0 Å². The van der Waals surface area contributed by atoms with Crippen LogP contribution in [0.15, 0.2) is 72.8 Å². The van der Waals surface area contributed by atoms with Crippen molar-refractivity contribution < 1.29 is 19.1 Å². The number of hydrogen-bond acceptors (Lipinski definition) is 6. The Morgan fingerprint density at radius 1 is 0.838 bits per heavy atom. The Balaban J connectivity index is 1.49. The highest BCUT2D eigenvalue weighted by Gasteiger charge is 2.32. The van der Waals surface area contributed by atoms with E-state index >= 15 is 0 Å². The van der Waals surface area contributed by atoms with Crippen LogP contribution >= 0.6 is 23.6 Å². The number of rotatable bonds is 5. The van der Waals surface area contributed by atoms with Crippen LogP contribution in [-0.4, -0.2) is 29.3 Å². The van der Waals surface area contributed by atoms with Gasteiger partial charge >= 0.3 is 5.97 Å². The van der Waals surface area contributed by atoms with Gasteiger partial charge in [0.05, 0.1) is 17.9 Å². The van der Waals surface area contributed by atoms with Crippen LogP contribution in [0.3, 0.4) is 0 Å². The molecule has 0 fully saturated rings. The summed E-state index contributed by atoms with van der Waals surface area (Å²) in [6.45, 7) is 3.93. The van der Waals surface area contributed by atoms with Crippen molar-refractivity contribution in [1.82, 2.24) is 0 Å². The maximum Gasteiger partial charge on any atom is 0.341 e. The van der Waals surface area contributed by atoms with Gasteiger partial charge in [-0.25, -0.2) is 4.79 Å². The lowest BCUT2D eigenvalue weighted by Crippen LogP contribution is -2.25. The number of benzene rings is 3. The predicted molar refractivity (Wildman–Crippen MR) is 150 cm³/mol. The second-order valence-electron chi connectivity index (χ2n) is 8.33. The van der Waals surface area contributed by atoms with Gasteiger partial charge in [-0.3, -0.25) is 9.59 Å². The average molecular weight is 527 g/mol. The molecule has 0 bridgehead atoms. The first-order chi connectivity index (χ1) is 17.9. The number of aryl methyl sites for hydroxylation is 1. The second-order valence-corrected chi connectivity index (χ2v) is 9.97. The van der Waals surface area contributed by atoms with E-state index in [4.69, 9.17) is 17.0 Å². The molecule has 0 unspecified atom stereocenters. The van der Waals surface area contributed by atoms with Gasteiger partial charge in [0.15, 0.2) is 16.7 Å². The van der Waals surface area contributed by atoms with Crippen LogP contribution in [0.1, 0.15) is 54.0 Å². The highest BCUT2D eigenvalue weighted by Crippen LogP contribution is 2.40. The largest absolute Gasteiger partial charge is 0.462 e. The van der Waals surface area contributed by atoms with Gasteiger partial charge in [0.1, 0.15) is 10.6 Å². The molecule has 8 heteroatoms. The van der Waals surface area contributed by atoms with E-state index in [1.807, 2.05) is 37.3 Å². The molecule has 184 valence electrons. The number of fused-ring (bicyclic) bond motifs is 2. The van der Waals surface area contributed by atoms with Crippen LogP contribution < -0.4 is 10.6 Å². The Morgan fingerprint density at radius 2 is 1.49 bits per heavy atom. The molecule has 0 radical (unpaired) electrons. The first-order valence-corrected chi connectivity index (χ1v) is 12.9. The highest BCUT2D eigenvalue weighted by molar-refractivity contribution is 7.80. The molecule has 1 heterocycles. The second kappa shape index (κ2) is 10.1. The lowest BCUT2D eigenvalue weighted by atomic mass is 9.83. The third kappa shape index (κ3) is 4.45. The van der Waals surface area contributed by atoms with Crippen LogP contribution in [0.4, 0.5) is 10.7 Å². The summed E-state index contributed by atoms with van der Waals surface area (Å²) >= 11 is 6.97. The molecule has 37 heavy (non-hydrogen) atoms. The number of esters is 1. The van der Waals surface area contributed by atoms with Crippen molar-refractivity contribution in [2.75, 3.05) is 17.2 Å². The molecule has 4 aromatic rings. The van der Waals surface area contributed by atoms with E-state index in [9.17, 15) is 14.4 Å². The van der Waals surface area contributed by atoms with Gasteiger partial charge in [-0.05, 0) is 37.7 Å². The van der Waals surface area contributed by atoms with E-state index in [0.29, 0.717) is 32.9 Å². The Labute approximate surface area is 223 Å². The van der Waals surface area contributed by atoms with Gasteiger partial charge in [0, 0.05) is 27.1 Å². The zero-order chi connectivity index (χ0) is 26.1. The minimum absolute atomic E-state index is 0.180. The summed E-state index contributed by atoms with van der Waals surface area (Å²) in [6, 6.07) is 21.4. The molecule has 1 aromatic heterocycles. The van der Waals surface area contributed by atoms with Crippen molar-refractivity contribution in [3.8, 4) is 11.1 Å². The predicted octanol–water partition coefficient (Wildman–Crippen LogP) is 6.48. The molecule has 0 amide bonds. The molecular weight excluding hydrogens is 504 g/mol. The van der Waals surface area contributed by atoms with Gasteiger partial charge in [-0.2, -0.15) is 0 Å². The number of carbonyl (C=O) groups is 3. The fourth-order valence-corrected chi connectivity index (χ4v) is 5.83. The van der Waals surface area contributed by atoms with Crippen molar-refractivity contribution in [2.45, 2.75) is 13.8 Å². The third-order valence-electron chi connectivity index (χ3n) is 6.05. The van der Waals surface area contributed by atoms with Gasteiger partial charge in [-0.15, -0.1) is 11.3 Å². The van der Waals surface area contributed by atoms with Crippen LogP contribution in [0.25, 0.3) is 11.1 Å².